The first-order valence-electron chi connectivity index (χ1n) is 14.8. The van der Waals surface area contributed by atoms with Crippen molar-refractivity contribution in [3.8, 4) is 23.0 Å². The Balaban J connectivity index is 1.32. The monoisotopic (exact) mass is 584 g/mol. The van der Waals surface area contributed by atoms with Gasteiger partial charge < -0.3 is 24.8 Å². The Morgan fingerprint density at radius 1 is 1.07 bits per heavy atom. The molecule has 0 spiro atoms. The van der Waals surface area contributed by atoms with Crippen LogP contribution in [0.4, 0.5) is 0 Å². The van der Waals surface area contributed by atoms with E-state index in [1.54, 1.807) is 19.1 Å². The summed E-state index contributed by atoms with van der Waals surface area (Å²) in [6, 6.07) is 15.0. The number of ether oxygens (including phenoxy) is 2. The number of carboxylic acids is 1. The third-order valence-electron chi connectivity index (χ3n) is 8.95. The number of hydrogen-bond donors (Lipinski definition) is 2. The van der Waals surface area contributed by atoms with Crippen LogP contribution in [0.5, 0.6) is 11.6 Å². The molecule has 2 fully saturated rings. The molecule has 0 unspecified atom stereocenters. The summed E-state index contributed by atoms with van der Waals surface area (Å²) in [6.07, 6.45) is 6.83. The van der Waals surface area contributed by atoms with Gasteiger partial charge in [0, 0.05) is 31.1 Å². The Kier molecular flexibility index (Phi) is 7.77. The lowest BCUT2D eigenvalue weighted by atomic mass is 9.93. The van der Waals surface area contributed by atoms with Crippen molar-refractivity contribution in [1.82, 2.24) is 20.2 Å². The van der Waals surface area contributed by atoms with Gasteiger partial charge in [-0.1, -0.05) is 42.5 Å². The largest absolute Gasteiger partial charge is 0.497 e. The first-order valence-corrected chi connectivity index (χ1v) is 14.8. The summed E-state index contributed by atoms with van der Waals surface area (Å²) in [4.78, 5) is 50.9. The quantitative estimate of drug-likeness (QED) is 0.426. The molecule has 0 saturated heterocycles. The van der Waals surface area contributed by atoms with Crippen LogP contribution in [0.3, 0.4) is 0 Å². The molecule has 3 aliphatic rings. The fourth-order valence-corrected chi connectivity index (χ4v) is 6.36. The number of carbonyl (C=O) groups is 3. The number of nitrogens with one attached hydrogen (secondary N) is 1. The molecule has 0 bridgehead atoms. The molecule has 2 saturated carbocycles. The minimum absolute atomic E-state index is 0.127. The summed E-state index contributed by atoms with van der Waals surface area (Å²) in [5, 5.41) is 13.5. The van der Waals surface area contributed by atoms with Gasteiger partial charge in [0.25, 0.3) is 0 Å². The van der Waals surface area contributed by atoms with Crippen molar-refractivity contribution in [2.75, 3.05) is 20.7 Å². The highest BCUT2D eigenvalue weighted by molar-refractivity contribution is 5.94. The van der Waals surface area contributed by atoms with Crippen LogP contribution < -0.4 is 14.8 Å². The fourth-order valence-electron chi connectivity index (χ4n) is 6.36. The van der Waals surface area contributed by atoms with E-state index in [-0.39, 0.29) is 18.2 Å². The van der Waals surface area contributed by atoms with Crippen LogP contribution >= 0.6 is 0 Å². The van der Waals surface area contributed by atoms with Crippen LogP contribution in [0.2, 0.25) is 0 Å². The van der Waals surface area contributed by atoms with Crippen molar-refractivity contribution in [2.24, 2.45) is 17.8 Å². The highest BCUT2D eigenvalue weighted by Crippen LogP contribution is 2.46. The number of hydrogen-bond acceptors (Lipinski definition) is 7. The third-order valence-corrected chi connectivity index (χ3v) is 8.95. The zero-order valence-electron chi connectivity index (χ0n) is 24.4. The molecule has 43 heavy (non-hydrogen) atoms. The number of methoxy groups -OCH3 is 1. The average molecular weight is 585 g/mol. The maximum Gasteiger partial charge on any atom is 0.330 e. The number of nitrogens with zero attached hydrogens (tertiary/aromatic N) is 3. The van der Waals surface area contributed by atoms with E-state index in [4.69, 9.17) is 19.4 Å². The number of benzene rings is 2. The summed E-state index contributed by atoms with van der Waals surface area (Å²) in [5.41, 5.74) is 0.132. The molecule has 3 aromatic rings. The number of carboxylic acid groups (broad SMARTS) is 1. The van der Waals surface area contributed by atoms with Gasteiger partial charge in [-0.2, -0.15) is 4.98 Å². The molecule has 5 atom stereocenters. The molecular weight excluding hydrogens is 548 g/mol. The minimum Gasteiger partial charge on any atom is -0.497 e. The number of allylic oxidation sites excluding steroid dienone is 1. The Hall–Kier alpha value is -4.47. The molecular formula is C33H36N4O6. The second-order valence-corrected chi connectivity index (χ2v) is 11.8. The van der Waals surface area contributed by atoms with Crippen molar-refractivity contribution < 1.29 is 29.0 Å². The van der Waals surface area contributed by atoms with E-state index in [1.807, 2.05) is 60.7 Å². The summed E-state index contributed by atoms with van der Waals surface area (Å²) >= 11 is 0. The van der Waals surface area contributed by atoms with Crippen LogP contribution in [0.1, 0.15) is 38.5 Å². The molecule has 2 aromatic carbocycles. The molecule has 6 rings (SSSR count). The van der Waals surface area contributed by atoms with Crippen LogP contribution in [0.15, 0.2) is 60.7 Å². The van der Waals surface area contributed by atoms with E-state index < -0.39 is 35.4 Å². The molecule has 0 radical (unpaired) electrons. The molecule has 1 aliphatic heterocycles. The van der Waals surface area contributed by atoms with Gasteiger partial charge in [-0.25, -0.2) is 9.78 Å². The summed E-state index contributed by atoms with van der Waals surface area (Å²) in [7, 11) is 3.36. The van der Waals surface area contributed by atoms with Crippen molar-refractivity contribution in [3.63, 3.8) is 0 Å². The topological polar surface area (TPSA) is 131 Å². The molecule has 2 N–H and O–H groups in total. The van der Waals surface area contributed by atoms with Gasteiger partial charge in [-0.05, 0) is 50.7 Å². The van der Waals surface area contributed by atoms with E-state index in [0.29, 0.717) is 47.7 Å². The van der Waals surface area contributed by atoms with Crippen LogP contribution in [-0.4, -0.2) is 70.1 Å². The minimum atomic E-state index is -1.33. The molecule has 224 valence electrons. The Labute approximate surface area is 250 Å². The van der Waals surface area contributed by atoms with Crippen molar-refractivity contribution in [3.05, 3.63) is 60.7 Å². The third kappa shape index (κ3) is 5.66. The van der Waals surface area contributed by atoms with Gasteiger partial charge >= 0.3 is 5.97 Å². The maximum absolute atomic E-state index is 13.7. The van der Waals surface area contributed by atoms with E-state index in [0.717, 1.165) is 24.8 Å². The Morgan fingerprint density at radius 3 is 2.63 bits per heavy atom. The van der Waals surface area contributed by atoms with Crippen molar-refractivity contribution in [2.45, 2.75) is 50.2 Å². The van der Waals surface area contributed by atoms with Crippen LogP contribution in [-0.2, 0) is 14.4 Å². The molecule has 2 amide bonds. The average Bonchev–Trinajstić information content (AvgIpc) is 3.55. The van der Waals surface area contributed by atoms with Gasteiger partial charge in [0.1, 0.15) is 17.4 Å². The van der Waals surface area contributed by atoms with E-state index in [2.05, 4.69) is 5.32 Å². The molecule has 2 aliphatic carbocycles. The van der Waals surface area contributed by atoms with Crippen molar-refractivity contribution >= 4 is 28.7 Å². The predicted octanol–water partition coefficient (Wildman–Crippen LogP) is 4.24. The summed E-state index contributed by atoms with van der Waals surface area (Å²) in [6.45, 7) is 0.588. The molecule has 1 aromatic heterocycles. The highest BCUT2D eigenvalue weighted by Gasteiger charge is 2.61. The van der Waals surface area contributed by atoms with Gasteiger partial charge in [0.15, 0.2) is 5.82 Å². The lowest BCUT2D eigenvalue weighted by Gasteiger charge is -2.26. The molecule has 10 nitrogen and oxygen atoms in total. The van der Waals surface area contributed by atoms with Gasteiger partial charge in [-0.3, -0.25) is 9.59 Å². The first-order chi connectivity index (χ1) is 20.8. The lowest BCUT2D eigenvalue weighted by Crippen LogP contribution is -2.49. The Morgan fingerprint density at radius 2 is 1.86 bits per heavy atom. The number of carbonyl (C=O) groups excluding carboxylic acids is 2. The fraction of sp³-hybridized carbons (Fsp3) is 0.424. The predicted molar refractivity (Wildman–Crippen MR) is 159 cm³/mol. The number of rotatable bonds is 5. The SMILES string of the molecule is COc1ccc2c(O[C@@H]3C[C@H]4C(=O)N[C@]5(C(=O)O)C[C@H]5/C=C\CCCCN(C)C(=O)[C@@H]4C3)nc(-c3ccccc3)nc2c1. The molecule has 10 heteroatoms. The second kappa shape index (κ2) is 11.7. The van der Waals surface area contributed by atoms with Gasteiger partial charge in [0.2, 0.25) is 17.7 Å². The van der Waals surface area contributed by atoms with E-state index >= 15 is 0 Å². The number of aliphatic carboxylic acids is 1. The zero-order chi connectivity index (χ0) is 30.1. The summed E-state index contributed by atoms with van der Waals surface area (Å²) in [5.74, 6) is -1.74. The first kappa shape index (κ1) is 28.6. The normalized spacial score (nSPS) is 28.3. The van der Waals surface area contributed by atoms with E-state index in [9.17, 15) is 19.5 Å². The number of aromatic nitrogens is 2. The van der Waals surface area contributed by atoms with Gasteiger partial charge in [0.05, 0.1) is 29.8 Å². The maximum atomic E-state index is 13.7. The molecule has 2 heterocycles. The standard InChI is InChI=1S/C33H36N4O6/c1-37-15-9-4-3-8-12-21-19-33(21,32(40)41)36-29(38)25-16-23(17-26(25)31(37)39)43-30-24-14-13-22(42-2)18-27(24)34-28(35-30)20-10-6-5-7-11-20/h5-8,10-14,18,21,23,25-26H,3-4,9,15-17,19H2,1-2H3,(H,36,38)(H,40,41)/b12-8-/t21-,23-,25-,26-,33-/m1/s1. The van der Waals surface area contributed by atoms with Crippen molar-refractivity contribution in [1.29, 1.82) is 0 Å². The second-order valence-electron chi connectivity index (χ2n) is 11.8. The lowest BCUT2D eigenvalue weighted by molar-refractivity contribution is -0.145. The smallest absolute Gasteiger partial charge is 0.330 e. The number of fused-ring (bicyclic) bond motifs is 3. The zero-order valence-corrected chi connectivity index (χ0v) is 24.4. The summed E-state index contributed by atoms with van der Waals surface area (Å²) < 4.78 is 11.9. The number of amides is 2. The highest BCUT2D eigenvalue weighted by atomic mass is 16.5. The Bertz CT molecular complexity index is 1580. The van der Waals surface area contributed by atoms with E-state index in [1.165, 1.54) is 0 Å². The van der Waals surface area contributed by atoms with Gasteiger partial charge in [-0.15, -0.1) is 0 Å². The van der Waals surface area contributed by atoms with Crippen LogP contribution in [0.25, 0.3) is 22.3 Å². The van der Waals surface area contributed by atoms with Crippen LogP contribution in [0, 0.1) is 17.8 Å².